The van der Waals surface area contributed by atoms with Crippen molar-refractivity contribution >= 4 is 31.9 Å². The van der Waals surface area contributed by atoms with Crippen LogP contribution in [0.1, 0.15) is 14.9 Å². The second-order valence-corrected chi connectivity index (χ2v) is 5.87. The summed E-state index contributed by atoms with van der Waals surface area (Å²) in [4.78, 5) is 0. The van der Waals surface area contributed by atoms with Crippen LogP contribution in [0.2, 0.25) is 0 Å². The van der Waals surface area contributed by atoms with Gasteiger partial charge in [-0.3, -0.25) is 0 Å². The maximum absolute atomic E-state index is 5.28. The van der Waals surface area contributed by atoms with E-state index in [0.717, 1.165) is 16.9 Å². The fraction of sp³-hybridized carbons (Fsp3) is 0.400. The summed E-state index contributed by atoms with van der Waals surface area (Å²) < 4.78 is 10.4. The molecule has 14 heavy (non-hydrogen) atoms. The van der Waals surface area contributed by atoms with Crippen molar-refractivity contribution in [2.75, 3.05) is 14.2 Å². The molecule has 0 spiro atoms. The van der Waals surface area contributed by atoms with Gasteiger partial charge < -0.3 is 9.47 Å². The Bertz CT molecular complexity index is 300. The number of ether oxygens (including phenoxy) is 2. The fourth-order valence-electron chi connectivity index (χ4n) is 1.19. The first kappa shape index (κ1) is 12.0. The second kappa shape index (κ2) is 5.73. The zero-order valence-electron chi connectivity index (χ0n) is 8.09. The summed E-state index contributed by atoms with van der Waals surface area (Å²) in [5.41, 5.74) is 2.18. The van der Waals surface area contributed by atoms with Gasteiger partial charge in [0.15, 0.2) is 0 Å². The first-order chi connectivity index (χ1) is 6.69. The molecular formula is C10H12Br2O2. The molecule has 0 bridgehead atoms. The molecule has 1 aromatic rings. The molecule has 0 aliphatic rings. The molecule has 0 heterocycles. The van der Waals surface area contributed by atoms with Gasteiger partial charge in [-0.2, -0.15) is 0 Å². The predicted octanol–water partition coefficient (Wildman–Crippen LogP) is 3.63. The van der Waals surface area contributed by atoms with Crippen molar-refractivity contribution in [2.24, 2.45) is 0 Å². The van der Waals surface area contributed by atoms with Gasteiger partial charge in [0.05, 0.1) is 17.5 Å². The Balaban J connectivity index is 2.99. The van der Waals surface area contributed by atoms with Gasteiger partial charge in [0.2, 0.25) is 0 Å². The molecule has 0 atom stereocenters. The molecule has 0 saturated carbocycles. The Morgan fingerprint density at radius 2 is 2.00 bits per heavy atom. The van der Waals surface area contributed by atoms with E-state index in [1.54, 1.807) is 14.2 Å². The summed E-state index contributed by atoms with van der Waals surface area (Å²) in [6, 6.07) is 6.02. The smallest absolute Gasteiger partial charge is 0.124 e. The molecule has 0 unspecified atom stereocenters. The molecule has 0 aliphatic heterocycles. The number of benzene rings is 1. The van der Waals surface area contributed by atoms with Crippen molar-refractivity contribution in [3.05, 3.63) is 29.3 Å². The Morgan fingerprint density at radius 3 is 2.50 bits per heavy atom. The van der Waals surface area contributed by atoms with Crippen LogP contribution in [0.4, 0.5) is 0 Å². The molecule has 0 aromatic heterocycles. The summed E-state index contributed by atoms with van der Waals surface area (Å²) >= 11 is 6.89. The lowest BCUT2D eigenvalue weighted by Crippen LogP contribution is -1.94. The standard InChI is InChI=1S/C10H12Br2O2/c1-13-6-7-3-4-8(10(11)12)9(5-7)14-2/h3-5,10H,6H2,1-2H3. The van der Waals surface area contributed by atoms with Gasteiger partial charge in [0.25, 0.3) is 0 Å². The molecule has 78 valence electrons. The number of methoxy groups -OCH3 is 2. The molecule has 0 fully saturated rings. The predicted molar refractivity (Wildman–Crippen MR) is 64.3 cm³/mol. The highest BCUT2D eigenvalue weighted by Crippen LogP contribution is 2.36. The average molecular weight is 324 g/mol. The molecule has 0 radical (unpaired) electrons. The second-order valence-electron chi connectivity index (χ2n) is 2.81. The van der Waals surface area contributed by atoms with Gasteiger partial charge in [0.1, 0.15) is 5.75 Å². The maximum atomic E-state index is 5.28. The third kappa shape index (κ3) is 2.97. The molecule has 0 amide bonds. The van der Waals surface area contributed by atoms with Gasteiger partial charge in [-0.05, 0) is 11.6 Å². The lowest BCUT2D eigenvalue weighted by molar-refractivity contribution is 0.184. The van der Waals surface area contributed by atoms with Gasteiger partial charge in [-0.25, -0.2) is 0 Å². The summed E-state index contributed by atoms with van der Waals surface area (Å²) in [6.45, 7) is 0.603. The van der Waals surface area contributed by atoms with E-state index >= 15 is 0 Å². The molecule has 0 aliphatic carbocycles. The molecule has 1 rings (SSSR count). The van der Waals surface area contributed by atoms with Crippen LogP contribution >= 0.6 is 31.9 Å². The number of hydrogen-bond donors (Lipinski definition) is 0. The van der Waals surface area contributed by atoms with E-state index < -0.39 is 0 Å². The highest BCUT2D eigenvalue weighted by atomic mass is 79.9. The van der Waals surface area contributed by atoms with Crippen LogP contribution in [-0.2, 0) is 11.3 Å². The molecule has 2 nitrogen and oxygen atoms in total. The summed E-state index contributed by atoms with van der Waals surface area (Å²) in [5, 5.41) is 0. The lowest BCUT2D eigenvalue weighted by Gasteiger charge is -2.11. The van der Waals surface area contributed by atoms with Crippen LogP contribution in [0.5, 0.6) is 5.75 Å². The molecular weight excluding hydrogens is 312 g/mol. The van der Waals surface area contributed by atoms with Crippen LogP contribution < -0.4 is 4.74 Å². The Labute approximate surface area is 101 Å². The quantitative estimate of drug-likeness (QED) is 0.788. The van der Waals surface area contributed by atoms with Crippen molar-refractivity contribution in [1.82, 2.24) is 0 Å². The Kier molecular flexibility index (Phi) is 4.92. The average Bonchev–Trinajstić information content (AvgIpc) is 2.17. The topological polar surface area (TPSA) is 18.5 Å². The SMILES string of the molecule is COCc1ccc(C(Br)Br)c(OC)c1. The zero-order chi connectivity index (χ0) is 10.6. The van der Waals surface area contributed by atoms with Crippen LogP contribution in [0.25, 0.3) is 0 Å². The third-order valence-corrected chi connectivity index (χ3v) is 2.83. The van der Waals surface area contributed by atoms with Crippen molar-refractivity contribution in [3.63, 3.8) is 0 Å². The van der Waals surface area contributed by atoms with Crippen molar-refractivity contribution in [1.29, 1.82) is 0 Å². The summed E-state index contributed by atoms with van der Waals surface area (Å²) in [7, 11) is 3.34. The van der Waals surface area contributed by atoms with E-state index in [-0.39, 0.29) is 3.74 Å². The zero-order valence-corrected chi connectivity index (χ0v) is 11.3. The minimum atomic E-state index is 0.113. The third-order valence-electron chi connectivity index (χ3n) is 1.84. The molecule has 4 heteroatoms. The van der Waals surface area contributed by atoms with E-state index in [1.165, 1.54) is 0 Å². The minimum absolute atomic E-state index is 0.113. The minimum Gasteiger partial charge on any atom is -0.496 e. The van der Waals surface area contributed by atoms with Crippen molar-refractivity contribution < 1.29 is 9.47 Å². The van der Waals surface area contributed by atoms with Crippen LogP contribution in [0.15, 0.2) is 18.2 Å². The molecule has 0 saturated heterocycles. The Morgan fingerprint density at radius 1 is 1.29 bits per heavy atom. The molecule has 0 N–H and O–H groups in total. The largest absolute Gasteiger partial charge is 0.496 e. The number of alkyl halides is 2. The number of halogens is 2. The Hall–Kier alpha value is -0.0600. The maximum Gasteiger partial charge on any atom is 0.124 e. The van der Waals surface area contributed by atoms with Gasteiger partial charge in [0, 0.05) is 12.7 Å². The summed E-state index contributed by atoms with van der Waals surface area (Å²) in [6.07, 6.45) is 0. The summed E-state index contributed by atoms with van der Waals surface area (Å²) in [5.74, 6) is 0.860. The highest BCUT2D eigenvalue weighted by molar-refractivity contribution is 9.24. The van der Waals surface area contributed by atoms with Crippen molar-refractivity contribution in [3.8, 4) is 5.75 Å². The van der Waals surface area contributed by atoms with E-state index in [0.29, 0.717) is 6.61 Å². The van der Waals surface area contributed by atoms with Gasteiger partial charge >= 0.3 is 0 Å². The van der Waals surface area contributed by atoms with Gasteiger partial charge in [-0.15, -0.1) is 0 Å². The van der Waals surface area contributed by atoms with Crippen LogP contribution in [0, 0.1) is 0 Å². The lowest BCUT2D eigenvalue weighted by atomic mass is 10.1. The van der Waals surface area contributed by atoms with Crippen molar-refractivity contribution in [2.45, 2.75) is 10.3 Å². The van der Waals surface area contributed by atoms with E-state index in [1.807, 2.05) is 18.2 Å². The fourth-order valence-corrected chi connectivity index (χ4v) is 1.95. The van der Waals surface area contributed by atoms with Crippen LogP contribution in [0.3, 0.4) is 0 Å². The van der Waals surface area contributed by atoms with E-state index in [9.17, 15) is 0 Å². The molecule has 1 aromatic carbocycles. The van der Waals surface area contributed by atoms with E-state index in [2.05, 4.69) is 31.9 Å². The number of hydrogen-bond acceptors (Lipinski definition) is 2. The van der Waals surface area contributed by atoms with E-state index in [4.69, 9.17) is 9.47 Å². The number of rotatable bonds is 4. The monoisotopic (exact) mass is 322 g/mol. The van der Waals surface area contributed by atoms with Gasteiger partial charge in [-0.1, -0.05) is 44.0 Å². The van der Waals surface area contributed by atoms with Crippen LogP contribution in [-0.4, -0.2) is 14.2 Å². The highest BCUT2D eigenvalue weighted by Gasteiger charge is 2.10. The first-order valence-electron chi connectivity index (χ1n) is 4.13. The first-order valence-corrected chi connectivity index (χ1v) is 5.96. The normalized spacial score (nSPS) is 10.6.